The maximum Gasteiger partial charge on any atom is 0.475 e. The van der Waals surface area contributed by atoms with Crippen LogP contribution >= 0.6 is 15.6 Å². The van der Waals surface area contributed by atoms with E-state index in [4.69, 9.17) is 32.3 Å². The van der Waals surface area contributed by atoms with Crippen LogP contribution in [0.25, 0.3) is 0 Å². The predicted molar refractivity (Wildman–Crippen MR) is 83.8 cm³/mol. The van der Waals surface area contributed by atoms with Crippen molar-refractivity contribution in [2.24, 2.45) is 0 Å². The first kappa shape index (κ1) is 22.1. The van der Waals surface area contributed by atoms with Crippen LogP contribution < -0.4 is 0 Å². The van der Waals surface area contributed by atoms with Gasteiger partial charge in [0.15, 0.2) is 12.2 Å². The Morgan fingerprint density at radius 1 is 0.793 bits per heavy atom. The van der Waals surface area contributed by atoms with Gasteiger partial charge in [-0.15, -0.1) is 0 Å². The lowest BCUT2D eigenvalue weighted by Gasteiger charge is -2.24. The molecule has 6 N–H and O–H groups in total. The van der Waals surface area contributed by atoms with Crippen molar-refractivity contribution >= 4 is 15.6 Å². The van der Waals surface area contributed by atoms with Crippen molar-refractivity contribution in [2.75, 3.05) is 26.4 Å². The van der Waals surface area contributed by atoms with E-state index in [0.29, 0.717) is 0 Å². The average Bonchev–Trinajstić information content (AvgIpc) is 3.24. The molecule has 2 unspecified atom stereocenters. The van der Waals surface area contributed by atoms with E-state index in [1.54, 1.807) is 0 Å². The van der Waals surface area contributed by atoms with Crippen LogP contribution in [-0.2, 0) is 41.4 Å². The summed E-state index contributed by atoms with van der Waals surface area (Å²) in [5, 5.41) is 39.4. The minimum absolute atomic E-state index is 0.328. The topological polar surface area (TPSA) is 220 Å². The molecule has 0 aromatic heterocycles. The highest BCUT2D eigenvalue weighted by Gasteiger charge is 2.67. The fourth-order valence-corrected chi connectivity index (χ4v) is 6.15. The van der Waals surface area contributed by atoms with Crippen molar-refractivity contribution in [3.8, 4) is 0 Å². The summed E-state index contributed by atoms with van der Waals surface area (Å²) in [5.41, 5.74) is 0. The predicted octanol–water partition coefficient (Wildman–Crippen LogP) is -3.07. The summed E-state index contributed by atoms with van der Waals surface area (Å²) in [5.74, 6) is -4.05. The molecule has 4 heterocycles. The van der Waals surface area contributed by atoms with E-state index in [2.05, 4.69) is 0 Å². The first-order chi connectivity index (χ1) is 13.5. The molecule has 0 bridgehead atoms. The normalized spacial score (nSPS) is 56.6. The Morgan fingerprint density at radius 3 is 1.48 bits per heavy atom. The summed E-state index contributed by atoms with van der Waals surface area (Å²) in [4.78, 5) is 18.7. The van der Waals surface area contributed by atoms with Crippen LogP contribution in [0.2, 0.25) is 0 Å². The lowest BCUT2D eigenvalue weighted by Crippen LogP contribution is -2.43. The second-order valence-electron chi connectivity index (χ2n) is 6.94. The molecular weight excluding hydrogens is 446 g/mol. The van der Waals surface area contributed by atoms with Crippen molar-refractivity contribution in [1.82, 2.24) is 0 Å². The number of rotatable bonds is 6. The molecule has 29 heavy (non-hydrogen) atoms. The number of ether oxygens (including phenoxy) is 3. The fourth-order valence-electron chi connectivity index (χ4n) is 3.73. The van der Waals surface area contributed by atoms with Gasteiger partial charge in [0, 0.05) is 0 Å². The molecule has 4 saturated heterocycles. The van der Waals surface area contributed by atoms with E-state index in [9.17, 15) is 39.3 Å². The van der Waals surface area contributed by atoms with Crippen LogP contribution in [0, 0.1) is 0 Å². The Labute approximate surface area is 162 Å². The molecule has 4 fully saturated rings. The highest BCUT2D eigenvalue weighted by molar-refractivity contribution is 7.48. The van der Waals surface area contributed by atoms with Gasteiger partial charge in [-0.1, -0.05) is 0 Å². The Morgan fingerprint density at radius 2 is 1.17 bits per heavy atom. The van der Waals surface area contributed by atoms with Gasteiger partial charge in [-0.05, 0) is 0 Å². The number of fused-ring (bicyclic) bond motifs is 2. The van der Waals surface area contributed by atoms with Crippen LogP contribution in [0.4, 0.5) is 0 Å². The van der Waals surface area contributed by atoms with Crippen LogP contribution in [0.3, 0.4) is 0 Å². The van der Waals surface area contributed by atoms with Crippen LogP contribution in [0.5, 0.6) is 0 Å². The summed E-state index contributed by atoms with van der Waals surface area (Å²) in [7, 11) is -8.97. The monoisotopic (exact) mass is 466 g/mol. The van der Waals surface area contributed by atoms with Crippen LogP contribution in [-0.4, -0.2) is 105 Å². The molecule has 0 saturated carbocycles. The van der Waals surface area contributed by atoms with Gasteiger partial charge in [-0.3, -0.25) is 9.05 Å². The molecule has 17 heteroatoms. The Hall–Kier alpha value is -0.0600. The number of hydrogen-bond donors (Lipinski definition) is 6. The van der Waals surface area contributed by atoms with E-state index >= 15 is 0 Å². The molecule has 0 radical (unpaired) electrons. The minimum atomic E-state index is -4.48. The van der Waals surface area contributed by atoms with Gasteiger partial charge in [0.1, 0.15) is 37.6 Å². The molecule has 0 aromatic rings. The van der Waals surface area contributed by atoms with Crippen molar-refractivity contribution in [3.05, 3.63) is 0 Å². The summed E-state index contributed by atoms with van der Waals surface area (Å²) in [6, 6.07) is 0. The number of phosphoric ester groups is 2. The molecule has 0 aromatic carbocycles. The number of aliphatic hydroxyl groups is 4. The molecule has 0 amide bonds. The standard InChI is InChI=1S/C12H20O15P2/c13-3-11-9(24-28(17,18)26-11)7(15)5(22-11)1-21-2-6-8(16)10-12(4-14,23-6)27-29(19,20)25-10/h5-10,13-16H,1-4H2,(H,17,18)(H,19,20)/t5-,6-,7-,8-,9+,10+,11+,12+/m1/s1. The molecular formula is C12H20O15P2. The lowest BCUT2D eigenvalue weighted by molar-refractivity contribution is -0.216. The zero-order valence-electron chi connectivity index (χ0n) is 14.5. The molecule has 10 atom stereocenters. The van der Waals surface area contributed by atoms with E-state index in [1.807, 2.05) is 0 Å². The van der Waals surface area contributed by atoms with Crippen LogP contribution in [0.15, 0.2) is 0 Å². The Kier molecular flexibility index (Phi) is 5.53. The van der Waals surface area contributed by atoms with Crippen molar-refractivity contribution in [1.29, 1.82) is 0 Å². The van der Waals surface area contributed by atoms with Gasteiger partial charge in [0.25, 0.3) is 0 Å². The minimum Gasteiger partial charge on any atom is -0.391 e. The fraction of sp³-hybridized carbons (Fsp3) is 1.00. The summed E-state index contributed by atoms with van der Waals surface area (Å²) in [6.45, 7) is -2.38. The van der Waals surface area contributed by atoms with Gasteiger partial charge < -0.3 is 44.4 Å². The van der Waals surface area contributed by atoms with Gasteiger partial charge in [0.05, 0.1) is 13.2 Å². The van der Waals surface area contributed by atoms with Gasteiger partial charge >= 0.3 is 15.6 Å². The van der Waals surface area contributed by atoms with Gasteiger partial charge in [-0.25, -0.2) is 18.2 Å². The second kappa shape index (κ2) is 7.24. The summed E-state index contributed by atoms with van der Waals surface area (Å²) in [6.07, 6.45) is -8.06. The van der Waals surface area contributed by atoms with E-state index in [-0.39, 0.29) is 13.2 Å². The SMILES string of the molecule is O=P1(O)O[C@H]2[C@H](O)[C@@H](COC[C@H]3O[C@@]4(CO)OP(=O)(O)O[C@H]4[C@@H]3O)O[C@@]2(CO)O1. The van der Waals surface area contributed by atoms with Crippen LogP contribution in [0.1, 0.15) is 0 Å². The largest absolute Gasteiger partial charge is 0.475 e. The Bertz CT molecular complexity index is 689. The third-order valence-electron chi connectivity index (χ3n) is 4.99. The Balaban J connectivity index is 1.34. The molecule has 168 valence electrons. The summed E-state index contributed by atoms with van der Waals surface area (Å²) >= 11 is 0. The smallest absolute Gasteiger partial charge is 0.391 e. The lowest BCUT2D eigenvalue weighted by atomic mass is 10.1. The second-order valence-corrected chi connectivity index (χ2v) is 9.60. The highest BCUT2D eigenvalue weighted by atomic mass is 31.2. The number of hydrogen-bond acceptors (Lipinski definition) is 13. The van der Waals surface area contributed by atoms with E-state index in [1.165, 1.54) is 0 Å². The summed E-state index contributed by atoms with van der Waals surface area (Å²) < 4.78 is 58.0. The third kappa shape index (κ3) is 3.63. The third-order valence-corrected chi connectivity index (χ3v) is 7.06. The van der Waals surface area contributed by atoms with Crippen molar-refractivity contribution in [3.63, 3.8) is 0 Å². The quantitative estimate of drug-likeness (QED) is 0.214. The molecule has 4 rings (SSSR count). The molecule has 0 spiro atoms. The first-order valence-corrected chi connectivity index (χ1v) is 11.4. The number of phosphoric acid groups is 2. The first-order valence-electron chi connectivity index (χ1n) is 8.42. The molecule has 4 aliphatic rings. The zero-order valence-corrected chi connectivity index (χ0v) is 16.3. The number of aliphatic hydroxyl groups excluding tert-OH is 4. The van der Waals surface area contributed by atoms with Gasteiger partial charge in [0.2, 0.25) is 11.6 Å². The molecule has 15 nitrogen and oxygen atoms in total. The van der Waals surface area contributed by atoms with Crippen molar-refractivity contribution in [2.45, 2.75) is 48.2 Å². The van der Waals surface area contributed by atoms with Crippen molar-refractivity contribution < 1.29 is 71.6 Å². The van der Waals surface area contributed by atoms with E-state index in [0.717, 1.165) is 0 Å². The molecule has 0 aliphatic carbocycles. The van der Waals surface area contributed by atoms with E-state index < -0.39 is 77.1 Å². The average molecular weight is 466 g/mol. The maximum atomic E-state index is 11.5. The van der Waals surface area contributed by atoms with Gasteiger partial charge in [-0.2, -0.15) is 0 Å². The zero-order chi connectivity index (χ0) is 21.2. The maximum absolute atomic E-state index is 11.5. The highest BCUT2D eigenvalue weighted by Crippen LogP contribution is 2.61. The molecule has 4 aliphatic heterocycles.